The standard InChI is InChI=1S/C22H25BrF2N4O3/c23-17-10-13-2-1-6-28(19(13)11-15(17)20(24)25)21-16-12-27(22(30)31)7-3-18(16)29(26-21)14-4-8-32-9-5-14/h10-11,14,20H,1-9,12H2,(H,30,31). The SMILES string of the molecule is O=C(O)N1CCc2c(c(N3CCCc4cc(Br)c(C(F)F)cc43)nn2C2CCOCC2)C1. The topological polar surface area (TPSA) is 70.8 Å². The molecule has 0 aliphatic carbocycles. The molecule has 0 bridgehead atoms. The fourth-order valence-corrected chi connectivity index (χ4v) is 5.61. The highest BCUT2D eigenvalue weighted by molar-refractivity contribution is 9.10. The lowest BCUT2D eigenvalue weighted by molar-refractivity contribution is 0.0650. The highest BCUT2D eigenvalue weighted by Crippen LogP contribution is 2.42. The van der Waals surface area contributed by atoms with Crippen molar-refractivity contribution >= 4 is 33.5 Å². The van der Waals surface area contributed by atoms with E-state index >= 15 is 0 Å². The lowest BCUT2D eigenvalue weighted by Gasteiger charge is -2.32. The Morgan fingerprint density at radius 1 is 1.22 bits per heavy atom. The third kappa shape index (κ3) is 3.77. The molecule has 3 aliphatic rings. The molecule has 0 atom stereocenters. The van der Waals surface area contributed by atoms with Crippen LogP contribution in [0.5, 0.6) is 0 Å². The molecule has 1 aromatic heterocycles. The zero-order valence-electron chi connectivity index (χ0n) is 17.6. The van der Waals surface area contributed by atoms with Crippen LogP contribution < -0.4 is 4.90 Å². The van der Waals surface area contributed by atoms with Gasteiger partial charge in [0.15, 0.2) is 5.82 Å². The lowest BCUT2D eigenvalue weighted by atomic mass is 9.98. The fraction of sp³-hybridized carbons (Fsp3) is 0.545. The van der Waals surface area contributed by atoms with Crippen LogP contribution in [0.3, 0.4) is 0 Å². The number of rotatable bonds is 3. The minimum absolute atomic E-state index is 0.0412. The number of aromatic nitrogens is 2. The van der Waals surface area contributed by atoms with Crippen LogP contribution in [0.4, 0.5) is 25.1 Å². The van der Waals surface area contributed by atoms with Gasteiger partial charge >= 0.3 is 6.09 Å². The Morgan fingerprint density at radius 3 is 2.72 bits per heavy atom. The first-order chi connectivity index (χ1) is 15.4. The average Bonchev–Trinajstić information content (AvgIpc) is 3.17. The molecule has 4 heterocycles. The highest BCUT2D eigenvalue weighted by atomic mass is 79.9. The third-order valence-electron chi connectivity index (χ3n) is 6.68. The number of fused-ring (bicyclic) bond motifs is 2. The number of ether oxygens (including phenoxy) is 1. The number of hydrogen-bond acceptors (Lipinski definition) is 4. The first-order valence-electron chi connectivity index (χ1n) is 11.0. The first kappa shape index (κ1) is 21.6. The summed E-state index contributed by atoms with van der Waals surface area (Å²) in [7, 11) is 0. The van der Waals surface area contributed by atoms with Crippen molar-refractivity contribution in [2.45, 2.75) is 51.1 Å². The molecule has 10 heteroatoms. The number of halogens is 3. The first-order valence-corrected chi connectivity index (χ1v) is 11.8. The summed E-state index contributed by atoms with van der Waals surface area (Å²) in [6.07, 6.45) is 0.436. The van der Waals surface area contributed by atoms with E-state index in [2.05, 4.69) is 20.6 Å². The maximum Gasteiger partial charge on any atom is 0.407 e. The average molecular weight is 511 g/mol. The molecular weight excluding hydrogens is 486 g/mol. The zero-order valence-corrected chi connectivity index (χ0v) is 19.2. The smallest absolute Gasteiger partial charge is 0.407 e. The Balaban J connectivity index is 1.62. The maximum absolute atomic E-state index is 13.6. The Morgan fingerprint density at radius 2 is 2.00 bits per heavy atom. The van der Waals surface area contributed by atoms with Gasteiger partial charge < -0.3 is 19.6 Å². The molecule has 1 fully saturated rings. The number of benzene rings is 1. The van der Waals surface area contributed by atoms with Crippen LogP contribution in [0.15, 0.2) is 16.6 Å². The summed E-state index contributed by atoms with van der Waals surface area (Å²) in [6.45, 7) is 2.69. The van der Waals surface area contributed by atoms with E-state index in [0.717, 1.165) is 48.2 Å². The number of nitrogens with zero attached hydrogens (tertiary/aromatic N) is 4. The number of aryl methyl sites for hydroxylation is 1. The fourth-order valence-electron chi connectivity index (χ4n) is 5.05. The second-order valence-corrected chi connectivity index (χ2v) is 9.40. The number of carboxylic acid groups (broad SMARTS) is 1. The molecule has 0 spiro atoms. The number of alkyl halides is 2. The van der Waals surface area contributed by atoms with E-state index in [-0.39, 0.29) is 18.2 Å². The number of amides is 1. The highest BCUT2D eigenvalue weighted by Gasteiger charge is 2.34. The number of carbonyl (C=O) groups is 1. The predicted molar refractivity (Wildman–Crippen MR) is 118 cm³/mol. The van der Waals surface area contributed by atoms with Crippen molar-refractivity contribution < 1.29 is 23.4 Å². The van der Waals surface area contributed by atoms with Gasteiger partial charge in [0, 0.05) is 59.7 Å². The Labute approximate surface area is 193 Å². The van der Waals surface area contributed by atoms with E-state index in [1.165, 1.54) is 4.90 Å². The molecule has 1 N–H and O–H groups in total. The van der Waals surface area contributed by atoms with Gasteiger partial charge in [-0.1, -0.05) is 15.9 Å². The zero-order chi connectivity index (χ0) is 22.4. The quantitative estimate of drug-likeness (QED) is 0.625. The Kier molecular flexibility index (Phi) is 5.83. The van der Waals surface area contributed by atoms with Gasteiger partial charge in [-0.3, -0.25) is 4.68 Å². The summed E-state index contributed by atoms with van der Waals surface area (Å²) in [6, 6.07) is 3.54. The second-order valence-electron chi connectivity index (χ2n) is 8.55. The van der Waals surface area contributed by atoms with Crippen molar-refractivity contribution in [3.05, 3.63) is 39.0 Å². The van der Waals surface area contributed by atoms with Gasteiger partial charge in [-0.2, -0.15) is 5.10 Å². The van der Waals surface area contributed by atoms with Gasteiger partial charge in [-0.25, -0.2) is 13.6 Å². The monoisotopic (exact) mass is 510 g/mol. The minimum atomic E-state index is -2.59. The van der Waals surface area contributed by atoms with Crippen LogP contribution in [-0.2, 0) is 24.1 Å². The normalized spacial score (nSPS) is 19.2. The van der Waals surface area contributed by atoms with Crippen molar-refractivity contribution in [3.63, 3.8) is 0 Å². The second kappa shape index (κ2) is 8.62. The van der Waals surface area contributed by atoms with Crippen molar-refractivity contribution in [1.29, 1.82) is 0 Å². The van der Waals surface area contributed by atoms with Crippen LogP contribution in [0, 0.1) is 0 Å². The molecule has 0 radical (unpaired) electrons. The molecule has 5 rings (SSSR count). The van der Waals surface area contributed by atoms with Gasteiger partial charge in [0.2, 0.25) is 0 Å². The van der Waals surface area contributed by atoms with Crippen LogP contribution in [-0.4, -0.2) is 52.2 Å². The van der Waals surface area contributed by atoms with Gasteiger partial charge in [-0.15, -0.1) is 0 Å². The molecule has 0 unspecified atom stereocenters. The molecule has 1 aromatic carbocycles. The summed E-state index contributed by atoms with van der Waals surface area (Å²) in [5.41, 5.74) is 3.64. The van der Waals surface area contributed by atoms with Crippen LogP contribution in [0.25, 0.3) is 0 Å². The maximum atomic E-state index is 13.6. The molecule has 1 amide bonds. The molecule has 2 aromatic rings. The van der Waals surface area contributed by atoms with E-state index in [4.69, 9.17) is 9.84 Å². The van der Waals surface area contributed by atoms with E-state index < -0.39 is 12.5 Å². The largest absolute Gasteiger partial charge is 0.465 e. The van der Waals surface area contributed by atoms with Crippen LogP contribution in [0.2, 0.25) is 0 Å². The summed E-state index contributed by atoms with van der Waals surface area (Å²) in [4.78, 5) is 15.1. The van der Waals surface area contributed by atoms with Crippen molar-refractivity contribution in [2.75, 3.05) is 31.2 Å². The Bertz CT molecular complexity index is 1040. The van der Waals surface area contributed by atoms with Gasteiger partial charge in [0.05, 0.1) is 12.6 Å². The predicted octanol–water partition coefficient (Wildman–Crippen LogP) is 5.06. The van der Waals surface area contributed by atoms with Crippen LogP contribution in [0.1, 0.15) is 54.1 Å². The summed E-state index contributed by atoms with van der Waals surface area (Å²) in [5, 5.41) is 14.6. The van der Waals surface area contributed by atoms with E-state index in [1.54, 1.807) is 12.1 Å². The third-order valence-corrected chi connectivity index (χ3v) is 7.37. The number of anilines is 2. The van der Waals surface area contributed by atoms with Gasteiger partial charge in [0.1, 0.15) is 0 Å². The van der Waals surface area contributed by atoms with Crippen molar-refractivity contribution in [3.8, 4) is 0 Å². The van der Waals surface area contributed by atoms with E-state index in [9.17, 15) is 18.7 Å². The van der Waals surface area contributed by atoms with Crippen molar-refractivity contribution in [1.82, 2.24) is 14.7 Å². The van der Waals surface area contributed by atoms with Gasteiger partial charge in [0.25, 0.3) is 6.43 Å². The molecule has 0 saturated carbocycles. The molecule has 32 heavy (non-hydrogen) atoms. The minimum Gasteiger partial charge on any atom is -0.465 e. The lowest BCUT2D eigenvalue weighted by Crippen LogP contribution is -2.36. The molecule has 7 nitrogen and oxygen atoms in total. The van der Waals surface area contributed by atoms with E-state index in [0.29, 0.717) is 43.0 Å². The van der Waals surface area contributed by atoms with Crippen LogP contribution >= 0.6 is 15.9 Å². The van der Waals surface area contributed by atoms with Gasteiger partial charge in [-0.05, 0) is 43.4 Å². The van der Waals surface area contributed by atoms with E-state index in [1.807, 2.05) is 4.90 Å². The van der Waals surface area contributed by atoms with Crippen molar-refractivity contribution in [2.24, 2.45) is 0 Å². The molecule has 3 aliphatic heterocycles. The summed E-state index contributed by atoms with van der Waals surface area (Å²) < 4.78 is 35.3. The Hall–Kier alpha value is -2.20. The molecular formula is C22H25BrF2N4O3. The molecule has 172 valence electrons. The number of hydrogen-bond donors (Lipinski definition) is 1. The summed E-state index contributed by atoms with van der Waals surface area (Å²) >= 11 is 3.29. The summed E-state index contributed by atoms with van der Waals surface area (Å²) in [5.74, 6) is 0.695. The molecule has 1 saturated heterocycles.